The Morgan fingerprint density at radius 2 is 1.81 bits per heavy atom. The summed E-state index contributed by atoms with van der Waals surface area (Å²) >= 11 is 0. The summed E-state index contributed by atoms with van der Waals surface area (Å²) < 4.78 is 34.6. The molecule has 2 aromatic carbocycles. The molecule has 2 N–H and O–H groups in total. The number of hydrogen-bond acceptors (Lipinski definition) is 4. The number of amides is 2. The Hall–Kier alpha value is -4.27. The van der Waals surface area contributed by atoms with Crippen molar-refractivity contribution >= 4 is 17.4 Å². The number of nitrogens with one attached hydrogen (secondary N) is 2. The topological polar surface area (TPSA) is 81.1 Å². The molecule has 162 valence electrons. The molecule has 7 nitrogen and oxygen atoms in total. The van der Waals surface area contributed by atoms with Crippen molar-refractivity contribution in [2.45, 2.75) is 6.61 Å². The molecule has 9 heteroatoms. The minimum absolute atomic E-state index is 0.131. The van der Waals surface area contributed by atoms with E-state index in [2.05, 4.69) is 20.7 Å². The SMILES string of the molecule is Cn1nccc1-c1cc(NC(=O)Nc2ccc(F)cc2F)ccc1OCc1ccncc1. The van der Waals surface area contributed by atoms with Crippen molar-refractivity contribution in [3.63, 3.8) is 0 Å². The standard InChI is InChI=1S/C23H19F2N5O2/c1-30-21(8-11-27-30)18-13-17(3-5-22(18)32-14-15-6-9-26-10-7-15)28-23(31)29-20-4-2-16(24)12-19(20)25/h2-13H,14H2,1H3,(H2,28,29,31). The van der Waals surface area contributed by atoms with Gasteiger partial charge in [0, 0.05) is 43.0 Å². The van der Waals surface area contributed by atoms with Crippen LogP contribution in [0.1, 0.15) is 5.56 Å². The van der Waals surface area contributed by atoms with Crippen molar-refractivity contribution < 1.29 is 18.3 Å². The number of carbonyl (C=O) groups is 1. The molecule has 0 atom stereocenters. The lowest BCUT2D eigenvalue weighted by atomic mass is 10.1. The van der Waals surface area contributed by atoms with Gasteiger partial charge in [-0.2, -0.15) is 5.10 Å². The summed E-state index contributed by atoms with van der Waals surface area (Å²) in [6.07, 6.45) is 5.04. The van der Waals surface area contributed by atoms with Crippen LogP contribution < -0.4 is 15.4 Å². The van der Waals surface area contributed by atoms with E-state index < -0.39 is 17.7 Å². The van der Waals surface area contributed by atoms with E-state index in [0.29, 0.717) is 29.7 Å². The second-order valence-corrected chi connectivity index (χ2v) is 6.90. The van der Waals surface area contributed by atoms with E-state index in [1.54, 1.807) is 48.5 Å². The molecule has 2 heterocycles. The van der Waals surface area contributed by atoms with Crippen molar-refractivity contribution in [1.82, 2.24) is 14.8 Å². The quantitative estimate of drug-likeness (QED) is 0.447. The fourth-order valence-corrected chi connectivity index (χ4v) is 3.09. The van der Waals surface area contributed by atoms with Crippen molar-refractivity contribution in [1.29, 1.82) is 0 Å². The van der Waals surface area contributed by atoms with E-state index in [9.17, 15) is 13.6 Å². The molecule has 0 unspecified atom stereocenters. The van der Waals surface area contributed by atoms with Crippen molar-refractivity contribution in [3.05, 3.63) is 90.4 Å². The maximum absolute atomic E-state index is 13.8. The molecule has 4 rings (SSSR count). The summed E-state index contributed by atoms with van der Waals surface area (Å²) in [6.45, 7) is 0.338. The monoisotopic (exact) mass is 435 g/mol. The number of hydrogen-bond donors (Lipinski definition) is 2. The molecule has 0 aliphatic rings. The van der Waals surface area contributed by atoms with Crippen LogP contribution in [0.25, 0.3) is 11.3 Å². The molecule has 2 amide bonds. The van der Waals surface area contributed by atoms with Crippen LogP contribution in [0, 0.1) is 11.6 Å². The maximum atomic E-state index is 13.8. The predicted octanol–water partition coefficient (Wildman–Crippen LogP) is 4.98. The van der Waals surface area contributed by atoms with E-state index in [0.717, 1.165) is 23.4 Å². The Morgan fingerprint density at radius 3 is 2.53 bits per heavy atom. The number of ether oxygens (including phenoxy) is 1. The molecule has 2 aromatic heterocycles. The summed E-state index contributed by atoms with van der Waals surface area (Å²) in [5.74, 6) is -0.992. The van der Waals surface area contributed by atoms with Crippen LogP contribution in [-0.4, -0.2) is 20.8 Å². The number of nitrogens with zero attached hydrogens (tertiary/aromatic N) is 3. The zero-order chi connectivity index (χ0) is 22.5. The van der Waals surface area contributed by atoms with Gasteiger partial charge in [-0.15, -0.1) is 0 Å². The van der Waals surface area contributed by atoms with Crippen LogP contribution in [0.3, 0.4) is 0 Å². The average Bonchev–Trinajstić information content (AvgIpc) is 3.21. The van der Waals surface area contributed by atoms with Gasteiger partial charge in [0.1, 0.15) is 24.0 Å². The Labute approximate surface area is 182 Å². The number of rotatable bonds is 6. The largest absolute Gasteiger partial charge is 0.488 e. The molecule has 0 saturated carbocycles. The third-order valence-electron chi connectivity index (χ3n) is 4.66. The second-order valence-electron chi connectivity index (χ2n) is 6.90. The molecule has 0 saturated heterocycles. The van der Waals surface area contributed by atoms with Crippen LogP contribution in [0.15, 0.2) is 73.2 Å². The number of halogens is 2. The summed E-state index contributed by atoms with van der Waals surface area (Å²) in [7, 11) is 1.80. The fourth-order valence-electron chi connectivity index (χ4n) is 3.09. The lowest BCUT2D eigenvalue weighted by molar-refractivity contribution is 0.262. The highest BCUT2D eigenvalue weighted by Gasteiger charge is 2.14. The summed E-state index contributed by atoms with van der Waals surface area (Å²) in [6, 6.07) is 12.9. The van der Waals surface area contributed by atoms with Crippen LogP contribution in [-0.2, 0) is 13.7 Å². The number of urea groups is 1. The first-order valence-corrected chi connectivity index (χ1v) is 9.67. The van der Waals surface area contributed by atoms with Crippen molar-refractivity contribution in [2.75, 3.05) is 10.6 Å². The summed E-state index contributed by atoms with van der Waals surface area (Å²) in [5.41, 5.74) is 2.78. The average molecular weight is 435 g/mol. The van der Waals surface area contributed by atoms with Gasteiger partial charge in [-0.25, -0.2) is 13.6 Å². The zero-order valence-corrected chi connectivity index (χ0v) is 17.0. The molecular weight excluding hydrogens is 416 g/mol. The third-order valence-corrected chi connectivity index (χ3v) is 4.66. The van der Waals surface area contributed by atoms with Crippen LogP contribution >= 0.6 is 0 Å². The lowest BCUT2D eigenvalue weighted by Gasteiger charge is -2.15. The fraction of sp³-hybridized carbons (Fsp3) is 0.0870. The van der Waals surface area contributed by atoms with Gasteiger partial charge in [-0.05, 0) is 54.1 Å². The van der Waals surface area contributed by atoms with Crippen LogP contribution in [0.2, 0.25) is 0 Å². The van der Waals surface area contributed by atoms with E-state index in [-0.39, 0.29) is 5.69 Å². The third kappa shape index (κ3) is 4.89. The Kier molecular flexibility index (Phi) is 6.07. The highest BCUT2D eigenvalue weighted by molar-refractivity contribution is 6.00. The normalized spacial score (nSPS) is 10.6. The molecule has 0 bridgehead atoms. The van der Waals surface area contributed by atoms with Crippen LogP contribution in [0.5, 0.6) is 5.75 Å². The maximum Gasteiger partial charge on any atom is 0.323 e. The molecule has 0 aliphatic heterocycles. The number of aryl methyl sites for hydroxylation is 1. The van der Waals surface area contributed by atoms with E-state index in [1.165, 1.54) is 0 Å². The number of anilines is 2. The molecule has 0 aliphatic carbocycles. The van der Waals surface area contributed by atoms with Crippen molar-refractivity contribution in [2.24, 2.45) is 7.05 Å². The van der Waals surface area contributed by atoms with Crippen LogP contribution in [0.4, 0.5) is 25.0 Å². The van der Waals surface area contributed by atoms with E-state index in [1.807, 2.05) is 18.2 Å². The smallest absolute Gasteiger partial charge is 0.323 e. The van der Waals surface area contributed by atoms with Gasteiger partial charge < -0.3 is 15.4 Å². The zero-order valence-electron chi connectivity index (χ0n) is 17.0. The summed E-state index contributed by atoms with van der Waals surface area (Å²) in [5, 5.41) is 9.21. The molecule has 4 aromatic rings. The lowest BCUT2D eigenvalue weighted by Crippen LogP contribution is -2.20. The first-order valence-electron chi connectivity index (χ1n) is 9.67. The van der Waals surface area contributed by atoms with Gasteiger partial charge in [0.2, 0.25) is 0 Å². The van der Waals surface area contributed by atoms with Gasteiger partial charge in [0.05, 0.1) is 11.4 Å². The first kappa shape index (κ1) is 21.0. The Bertz CT molecular complexity index is 1240. The Balaban J connectivity index is 1.55. The second kappa shape index (κ2) is 9.25. The summed E-state index contributed by atoms with van der Waals surface area (Å²) in [4.78, 5) is 16.3. The molecule has 0 fully saturated rings. The number of aromatic nitrogens is 3. The molecular formula is C23H19F2N5O2. The first-order chi connectivity index (χ1) is 15.5. The molecule has 0 spiro atoms. The van der Waals surface area contributed by atoms with E-state index in [4.69, 9.17) is 4.74 Å². The highest BCUT2D eigenvalue weighted by Crippen LogP contribution is 2.33. The minimum Gasteiger partial charge on any atom is -0.488 e. The molecule has 0 radical (unpaired) electrons. The number of carbonyl (C=O) groups excluding carboxylic acids is 1. The Morgan fingerprint density at radius 1 is 1.00 bits per heavy atom. The van der Waals surface area contributed by atoms with Gasteiger partial charge in [-0.3, -0.25) is 9.67 Å². The number of pyridine rings is 1. The predicted molar refractivity (Wildman–Crippen MR) is 116 cm³/mol. The van der Waals surface area contributed by atoms with Gasteiger partial charge in [-0.1, -0.05) is 0 Å². The van der Waals surface area contributed by atoms with E-state index >= 15 is 0 Å². The van der Waals surface area contributed by atoms with Gasteiger partial charge >= 0.3 is 6.03 Å². The minimum atomic E-state index is -0.865. The molecule has 32 heavy (non-hydrogen) atoms. The highest BCUT2D eigenvalue weighted by atomic mass is 19.1. The van der Waals surface area contributed by atoms with Crippen molar-refractivity contribution in [3.8, 4) is 17.0 Å². The van der Waals surface area contributed by atoms with Gasteiger partial charge in [0.25, 0.3) is 0 Å². The number of benzene rings is 2. The van der Waals surface area contributed by atoms with Gasteiger partial charge in [0.15, 0.2) is 0 Å².